The second-order valence-electron chi connectivity index (χ2n) is 8.91. The van der Waals surface area contributed by atoms with Gasteiger partial charge in [0.15, 0.2) is 0 Å². The van der Waals surface area contributed by atoms with E-state index >= 15 is 0 Å². The summed E-state index contributed by atoms with van der Waals surface area (Å²) in [5, 5.41) is 3.42. The van der Waals surface area contributed by atoms with Gasteiger partial charge in [-0.15, -0.1) is 11.3 Å². The summed E-state index contributed by atoms with van der Waals surface area (Å²) < 4.78 is 6.44. The SMILES string of the molecule is CN1CCc2c(sc3ncn(CC[NH+]4CCN(c5snc6ccccc56)CC4)c(=O)c23)C1. The predicted molar refractivity (Wildman–Crippen MR) is 131 cm³/mol. The first-order chi connectivity index (χ1) is 15.7. The molecular formula is C23H27N6OS2+. The third kappa shape index (κ3) is 3.53. The molecule has 6 rings (SSSR count). The number of fused-ring (bicyclic) bond motifs is 4. The number of hydrogen-bond donors (Lipinski definition) is 1. The quantitative estimate of drug-likeness (QED) is 0.493. The molecule has 1 N–H and O–H groups in total. The number of piperazine rings is 1. The Hall–Kier alpha value is -2.33. The second kappa shape index (κ2) is 8.22. The molecule has 1 aromatic carbocycles. The van der Waals surface area contributed by atoms with Crippen LogP contribution in [0, 0.1) is 0 Å². The standard InChI is InChI=1S/C23H26N6OS2/c1-26-7-6-17-19(14-26)31-21-20(17)22(30)29(15-24-21)13-10-27-8-11-28(12-9-27)23-16-4-2-3-5-18(16)25-32-23/h2-5,15H,6-14H2,1H3/p+1. The molecule has 0 atom stereocenters. The Balaban J connectivity index is 1.13. The molecule has 2 aliphatic heterocycles. The number of hydrogen-bond acceptors (Lipinski definition) is 7. The first-order valence-electron chi connectivity index (χ1n) is 11.3. The van der Waals surface area contributed by atoms with Gasteiger partial charge in [0.05, 0.1) is 56.5 Å². The molecule has 0 aliphatic carbocycles. The van der Waals surface area contributed by atoms with Gasteiger partial charge in [0.1, 0.15) is 9.83 Å². The van der Waals surface area contributed by atoms with Crippen LogP contribution in [0.15, 0.2) is 35.4 Å². The van der Waals surface area contributed by atoms with Gasteiger partial charge >= 0.3 is 0 Å². The lowest BCUT2D eigenvalue weighted by Crippen LogP contribution is -3.15. The third-order valence-electron chi connectivity index (χ3n) is 6.85. The largest absolute Gasteiger partial charge is 0.350 e. The minimum absolute atomic E-state index is 0.145. The van der Waals surface area contributed by atoms with Crippen molar-refractivity contribution < 1.29 is 4.90 Å². The molecule has 0 bridgehead atoms. The molecule has 0 amide bonds. The van der Waals surface area contributed by atoms with E-state index in [-0.39, 0.29) is 5.56 Å². The molecule has 0 radical (unpaired) electrons. The summed E-state index contributed by atoms with van der Waals surface area (Å²) in [6.07, 6.45) is 2.71. The molecular weight excluding hydrogens is 440 g/mol. The minimum Gasteiger partial charge on any atom is -0.350 e. The molecule has 0 unspecified atom stereocenters. The van der Waals surface area contributed by atoms with Gasteiger partial charge in [0, 0.05) is 23.4 Å². The summed E-state index contributed by atoms with van der Waals surface area (Å²) in [5.41, 5.74) is 2.48. The van der Waals surface area contributed by atoms with Crippen molar-refractivity contribution in [2.45, 2.75) is 19.5 Å². The smallest absolute Gasteiger partial charge is 0.262 e. The maximum absolute atomic E-state index is 13.2. The van der Waals surface area contributed by atoms with E-state index in [1.54, 1.807) is 34.1 Å². The topological polar surface area (TPSA) is 58.7 Å². The first kappa shape index (κ1) is 20.3. The molecule has 166 valence electrons. The molecule has 5 heterocycles. The van der Waals surface area contributed by atoms with Gasteiger partial charge in [-0.25, -0.2) is 4.98 Å². The fourth-order valence-corrected chi connectivity index (χ4v) is 7.14. The lowest BCUT2D eigenvalue weighted by atomic mass is 10.1. The highest BCUT2D eigenvalue weighted by Gasteiger charge is 2.24. The summed E-state index contributed by atoms with van der Waals surface area (Å²) >= 11 is 3.30. The van der Waals surface area contributed by atoms with Gasteiger partial charge in [-0.3, -0.25) is 9.36 Å². The Morgan fingerprint density at radius 3 is 2.88 bits per heavy atom. The second-order valence-corrected chi connectivity index (χ2v) is 10.7. The van der Waals surface area contributed by atoms with Gasteiger partial charge in [0.25, 0.3) is 5.56 Å². The Labute approximate surface area is 194 Å². The number of quaternary nitrogens is 1. The van der Waals surface area contributed by atoms with E-state index in [0.717, 1.165) is 74.5 Å². The van der Waals surface area contributed by atoms with E-state index < -0.39 is 0 Å². The number of likely N-dealkylation sites (N-methyl/N-ethyl adjacent to an activating group) is 1. The van der Waals surface area contributed by atoms with Crippen molar-refractivity contribution in [3.05, 3.63) is 51.4 Å². The molecule has 1 fully saturated rings. The van der Waals surface area contributed by atoms with Crippen molar-refractivity contribution in [2.24, 2.45) is 0 Å². The molecule has 4 aromatic rings. The fourth-order valence-electron chi connectivity index (χ4n) is 4.96. The fraction of sp³-hybridized carbons (Fsp3) is 0.435. The summed E-state index contributed by atoms with van der Waals surface area (Å²) in [6.45, 7) is 7.84. The van der Waals surface area contributed by atoms with Crippen molar-refractivity contribution in [3.63, 3.8) is 0 Å². The van der Waals surface area contributed by atoms with E-state index in [1.165, 1.54) is 20.8 Å². The summed E-state index contributed by atoms with van der Waals surface area (Å²) in [7, 11) is 2.14. The molecule has 0 saturated carbocycles. The number of nitrogens with zero attached hydrogens (tertiary/aromatic N) is 5. The van der Waals surface area contributed by atoms with E-state index in [2.05, 4.69) is 44.4 Å². The zero-order valence-electron chi connectivity index (χ0n) is 18.2. The molecule has 7 nitrogen and oxygen atoms in total. The maximum atomic E-state index is 13.2. The van der Waals surface area contributed by atoms with Crippen LogP contribution in [0.3, 0.4) is 0 Å². The van der Waals surface area contributed by atoms with Crippen LogP contribution in [0.25, 0.3) is 21.1 Å². The lowest BCUT2D eigenvalue weighted by molar-refractivity contribution is -0.901. The zero-order valence-corrected chi connectivity index (χ0v) is 19.8. The van der Waals surface area contributed by atoms with E-state index in [9.17, 15) is 4.79 Å². The molecule has 0 spiro atoms. The minimum atomic E-state index is 0.145. The summed E-state index contributed by atoms with van der Waals surface area (Å²) in [6, 6.07) is 8.39. The number of aromatic nitrogens is 3. The zero-order chi connectivity index (χ0) is 21.7. The molecule has 3 aromatic heterocycles. The van der Waals surface area contributed by atoms with Crippen molar-refractivity contribution in [2.75, 3.05) is 51.2 Å². The van der Waals surface area contributed by atoms with Crippen LogP contribution in [0.1, 0.15) is 10.4 Å². The van der Waals surface area contributed by atoms with Gasteiger partial charge in [0.2, 0.25) is 0 Å². The third-order valence-corrected chi connectivity index (χ3v) is 8.91. The van der Waals surface area contributed by atoms with Crippen molar-refractivity contribution in [3.8, 4) is 0 Å². The first-order valence-corrected chi connectivity index (χ1v) is 12.9. The Morgan fingerprint density at radius 1 is 1.16 bits per heavy atom. The lowest BCUT2D eigenvalue weighted by Gasteiger charge is -2.32. The van der Waals surface area contributed by atoms with Crippen molar-refractivity contribution in [1.82, 2.24) is 18.8 Å². The van der Waals surface area contributed by atoms with Crippen LogP contribution >= 0.6 is 22.9 Å². The average Bonchev–Trinajstić information content (AvgIpc) is 3.40. The van der Waals surface area contributed by atoms with E-state index in [0.29, 0.717) is 0 Å². The van der Waals surface area contributed by atoms with Gasteiger partial charge in [-0.05, 0) is 42.7 Å². The monoisotopic (exact) mass is 467 g/mol. The molecule has 2 aliphatic rings. The normalized spacial score (nSPS) is 18.0. The van der Waals surface area contributed by atoms with Crippen LogP contribution in [-0.2, 0) is 19.5 Å². The van der Waals surface area contributed by atoms with Gasteiger partial charge in [-0.1, -0.05) is 12.1 Å². The molecule has 1 saturated heterocycles. The van der Waals surface area contributed by atoms with Crippen LogP contribution in [-0.4, -0.2) is 65.1 Å². The van der Waals surface area contributed by atoms with Crippen molar-refractivity contribution >= 4 is 49.0 Å². The Bertz CT molecular complexity index is 1330. The van der Waals surface area contributed by atoms with E-state index in [4.69, 9.17) is 0 Å². The Morgan fingerprint density at radius 2 is 2.00 bits per heavy atom. The summed E-state index contributed by atoms with van der Waals surface area (Å²) in [5.74, 6) is 0. The highest BCUT2D eigenvalue weighted by molar-refractivity contribution is 7.18. The number of benzene rings is 1. The van der Waals surface area contributed by atoms with Crippen LogP contribution in [0.5, 0.6) is 0 Å². The molecule has 32 heavy (non-hydrogen) atoms. The van der Waals surface area contributed by atoms with Crippen LogP contribution in [0.2, 0.25) is 0 Å². The number of rotatable bonds is 4. The average molecular weight is 468 g/mol. The van der Waals surface area contributed by atoms with Gasteiger partial charge in [-0.2, -0.15) is 4.37 Å². The highest BCUT2D eigenvalue weighted by atomic mass is 32.1. The number of nitrogens with one attached hydrogen (secondary N) is 1. The number of thiophene rings is 1. The Kier molecular flexibility index (Phi) is 5.21. The predicted octanol–water partition coefficient (Wildman–Crippen LogP) is 1.46. The van der Waals surface area contributed by atoms with Crippen LogP contribution < -0.4 is 15.4 Å². The summed E-state index contributed by atoms with van der Waals surface area (Å²) in [4.78, 5) is 26.4. The molecule has 9 heteroatoms. The van der Waals surface area contributed by atoms with E-state index in [1.807, 2.05) is 10.6 Å². The highest BCUT2D eigenvalue weighted by Crippen LogP contribution is 2.32. The number of anilines is 1. The maximum Gasteiger partial charge on any atom is 0.262 e. The van der Waals surface area contributed by atoms with Crippen LogP contribution in [0.4, 0.5) is 5.00 Å². The van der Waals surface area contributed by atoms with Crippen molar-refractivity contribution in [1.29, 1.82) is 0 Å². The van der Waals surface area contributed by atoms with Gasteiger partial charge < -0.3 is 14.7 Å².